The van der Waals surface area contributed by atoms with Crippen LogP contribution in [0.2, 0.25) is 5.02 Å². The third-order valence-electron chi connectivity index (χ3n) is 2.68. The molecule has 5 heteroatoms. The van der Waals surface area contributed by atoms with E-state index in [0.717, 1.165) is 0 Å². The summed E-state index contributed by atoms with van der Waals surface area (Å²) in [5, 5.41) is 8.97. The quantitative estimate of drug-likeness (QED) is 0.870. The van der Waals surface area contributed by atoms with Crippen molar-refractivity contribution < 1.29 is 19.0 Å². The van der Waals surface area contributed by atoms with E-state index in [4.69, 9.17) is 21.4 Å². The van der Waals surface area contributed by atoms with Gasteiger partial charge >= 0.3 is 5.97 Å². The van der Waals surface area contributed by atoms with E-state index in [2.05, 4.69) is 0 Å². The van der Waals surface area contributed by atoms with Crippen molar-refractivity contribution in [2.24, 2.45) is 5.92 Å². The van der Waals surface area contributed by atoms with Crippen LogP contribution >= 0.6 is 11.6 Å². The van der Waals surface area contributed by atoms with Crippen molar-refractivity contribution in [2.45, 2.75) is 12.5 Å². The smallest absolute Gasteiger partial charge is 0.309 e. The van der Waals surface area contributed by atoms with Gasteiger partial charge in [-0.3, -0.25) is 4.79 Å². The van der Waals surface area contributed by atoms with Crippen molar-refractivity contribution in [3.63, 3.8) is 0 Å². The molecular weight excluding hydrogens is 235 g/mol. The Morgan fingerprint density at radius 2 is 2.31 bits per heavy atom. The second kappa shape index (κ2) is 4.39. The second-order valence-electron chi connectivity index (χ2n) is 3.70. The Balaban J connectivity index is 2.29. The SMILES string of the molecule is O=C(O)C1CCOC1c1ccc(F)c(Cl)c1. The maximum absolute atomic E-state index is 13.0. The van der Waals surface area contributed by atoms with Gasteiger partial charge in [0.05, 0.1) is 17.0 Å². The molecule has 1 aliphatic heterocycles. The zero-order valence-corrected chi connectivity index (χ0v) is 9.08. The lowest BCUT2D eigenvalue weighted by Gasteiger charge is -2.15. The van der Waals surface area contributed by atoms with Gasteiger partial charge in [-0.1, -0.05) is 17.7 Å². The number of ether oxygens (including phenoxy) is 1. The number of benzene rings is 1. The van der Waals surface area contributed by atoms with Crippen LogP contribution in [0.25, 0.3) is 0 Å². The molecule has 1 saturated heterocycles. The first kappa shape index (κ1) is 11.4. The molecule has 1 fully saturated rings. The summed E-state index contributed by atoms with van der Waals surface area (Å²) >= 11 is 5.64. The molecule has 3 nitrogen and oxygen atoms in total. The van der Waals surface area contributed by atoms with Crippen LogP contribution in [0.1, 0.15) is 18.1 Å². The van der Waals surface area contributed by atoms with E-state index in [-0.39, 0.29) is 5.02 Å². The summed E-state index contributed by atoms with van der Waals surface area (Å²) in [5.41, 5.74) is 0.608. The van der Waals surface area contributed by atoms with E-state index in [0.29, 0.717) is 18.6 Å². The Bertz CT molecular complexity index is 422. The Morgan fingerprint density at radius 3 is 2.94 bits per heavy atom. The summed E-state index contributed by atoms with van der Waals surface area (Å²) in [7, 11) is 0. The molecule has 0 aromatic heterocycles. The van der Waals surface area contributed by atoms with Gasteiger partial charge in [-0.2, -0.15) is 0 Å². The molecule has 0 aliphatic carbocycles. The molecule has 0 radical (unpaired) electrons. The molecule has 0 bridgehead atoms. The van der Waals surface area contributed by atoms with Crippen molar-refractivity contribution in [3.05, 3.63) is 34.6 Å². The maximum atomic E-state index is 13.0. The lowest BCUT2D eigenvalue weighted by atomic mass is 9.95. The topological polar surface area (TPSA) is 46.5 Å². The van der Waals surface area contributed by atoms with Crippen LogP contribution in [0.5, 0.6) is 0 Å². The molecule has 0 spiro atoms. The first-order valence-corrected chi connectivity index (χ1v) is 5.27. The minimum atomic E-state index is -0.900. The Kier molecular flexibility index (Phi) is 3.12. The monoisotopic (exact) mass is 244 g/mol. The number of rotatable bonds is 2. The fraction of sp³-hybridized carbons (Fsp3) is 0.364. The number of hydrogen-bond donors (Lipinski definition) is 1. The van der Waals surface area contributed by atoms with Crippen molar-refractivity contribution in [1.29, 1.82) is 0 Å². The minimum Gasteiger partial charge on any atom is -0.481 e. The number of halogens is 2. The van der Waals surface area contributed by atoms with Gasteiger partial charge in [0.1, 0.15) is 5.82 Å². The highest BCUT2D eigenvalue weighted by atomic mass is 35.5. The lowest BCUT2D eigenvalue weighted by molar-refractivity contribution is -0.143. The zero-order valence-electron chi connectivity index (χ0n) is 8.32. The van der Waals surface area contributed by atoms with E-state index < -0.39 is 23.8 Å². The van der Waals surface area contributed by atoms with Crippen LogP contribution < -0.4 is 0 Å². The van der Waals surface area contributed by atoms with Gasteiger partial charge < -0.3 is 9.84 Å². The number of carbonyl (C=O) groups is 1. The molecule has 16 heavy (non-hydrogen) atoms. The average Bonchev–Trinajstić information content (AvgIpc) is 2.71. The van der Waals surface area contributed by atoms with E-state index in [1.165, 1.54) is 18.2 Å². The van der Waals surface area contributed by atoms with Gasteiger partial charge in [-0.25, -0.2) is 4.39 Å². The zero-order chi connectivity index (χ0) is 11.7. The van der Waals surface area contributed by atoms with Crippen molar-refractivity contribution in [3.8, 4) is 0 Å². The van der Waals surface area contributed by atoms with Crippen LogP contribution in [0, 0.1) is 11.7 Å². The minimum absolute atomic E-state index is 0.0165. The first-order valence-electron chi connectivity index (χ1n) is 4.89. The van der Waals surface area contributed by atoms with E-state index in [1.54, 1.807) is 0 Å². The molecule has 1 aliphatic rings. The molecule has 2 rings (SSSR count). The summed E-state index contributed by atoms with van der Waals surface area (Å²) in [6.45, 7) is 0.399. The summed E-state index contributed by atoms with van der Waals surface area (Å²) in [5.74, 6) is -2.00. The highest BCUT2D eigenvalue weighted by molar-refractivity contribution is 6.30. The molecule has 1 N–H and O–H groups in total. The van der Waals surface area contributed by atoms with Gasteiger partial charge in [0.2, 0.25) is 0 Å². The second-order valence-corrected chi connectivity index (χ2v) is 4.11. The predicted octanol–water partition coefficient (Wildman–Crippen LogP) is 2.64. The molecule has 2 atom stereocenters. The first-order chi connectivity index (χ1) is 7.59. The van der Waals surface area contributed by atoms with Crippen molar-refractivity contribution >= 4 is 17.6 Å². The van der Waals surface area contributed by atoms with Crippen LogP contribution in [0.3, 0.4) is 0 Å². The van der Waals surface area contributed by atoms with E-state index in [9.17, 15) is 9.18 Å². The summed E-state index contributed by atoms with van der Waals surface area (Å²) in [4.78, 5) is 11.0. The van der Waals surface area contributed by atoms with Crippen molar-refractivity contribution in [1.82, 2.24) is 0 Å². The third-order valence-corrected chi connectivity index (χ3v) is 2.97. The van der Waals surface area contributed by atoms with Crippen LogP contribution in [0.4, 0.5) is 4.39 Å². The predicted molar refractivity (Wildman–Crippen MR) is 55.8 cm³/mol. The summed E-state index contributed by atoms with van der Waals surface area (Å²) in [6, 6.07) is 4.15. The molecule has 0 saturated carbocycles. The Hall–Kier alpha value is -1.13. The molecule has 0 amide bonds. The molecule has 2 unspecified atom stereocenters. The van der Waals surface area contributed by atoms with Gasteiger partial charge in [0.25, 0.3) is 0 Å². The summed E-state index contributed by atoms with van der Waals surface area (Å²) < 4.78 is 18.3. The molecular formula is C11H10ClFO3. The molecule has 1 heterocycles. The normalized spacial score (nSPS) is 24.6. The highest BCUT2D eigenvalue weighted by Crippen LogP contribution is 2.35. The largest absolute Gasteiger partial charge is 0.481 e. The van der Waals surface area contributed by atoms with Crippen LogP contribution in [0.15, 0.2) is 18.2 Å². The van der Waals surface area contributed by atoms with Crippen LogP contribution in [-0.4, -0.2) is 17.7 Å². The number of carboxylic acids is 1. The summed E-state index contributed by atoms with van der Waals surface area (Å²) in [6.07, 6.45) is -0.0646. The lowest BCUT2D eigenvalue weighted by Crippen LogP contribution is -2.17. The highest BCUT2D eigenvalue weighted by Gasteiger charge is 2.35. The standard InChI is InChI=1S/C11H10ClFO3/c12-8-5-6(1-2-9(8)13)10-7(11(14)15)3-4-16-10/h1-2,5,7,10H,3-4H2,(H,14,15). The number of aliphatic carboxylic acids is 1. The maximum Gasteiger partial charge on any atom is 0.309 e. The molecule has 86 valence electrons. The fourth-order valence-corrected chi connectivity index (χ4v) is 2.05. The van der Waals surface area contributed by atoms with Gasteiger partial charge in [0, 0.05) is 6.61 Å². The van der Waals surface area contributed by atoms with E-state index >= 15 is 0 Å². The average molecular weight is 245 g/mol. The molecule has 1 aromatic carbocycles. The van der Waals surface area contributed by atoms with Crippen molar-refractivity contribution in [2.75, 3.05) is 6.61 Å². The molecule has 1 aromatic rings. The Labute approximate surface area is 96.8 Å². The van der Waals surface area contributed by atoms with Crippen LogP contribution in [-0.2, 0) is 9.53 Å². The Morgan fingerprint density at radius 1 is 1.56 bits per heavy atom. The van der Waals surface area contributed by atoms with Gasteiger partial charge in [-0.15, -0.1) is 0 Å². The third kappa shape index (κ3) is 2.03. The van der Waals surface area contributed by atoms with Gasteiger partial charge in [0.15, 0.2) is 0 Å². The van der Waals surface area contributed by atoms with Gasteiger partial charge in [-0.05, 0) is 24.1 Å². The number of carboxylic acid groups (broad SMARTS) is 1. The fourth-order valence-electron chi connectivity index (χ4n) is 1.86. The van der Waals surface area contributed by atoms with E-state index in [1.807, 2.05) is 0 Å². The number of hydrogen-bond acceptors (Lipinski definition) is 2.